The minimum atomic E-state index is -0.840. The largest absolute Gasteiger partial charge is 0.481 e. The van der Waals surface area contributed by atoms with Crippen molar-refractivity contribution in [1.82, 2.24) is 0 Å². The van der Waals surface area contributed by atoms with Crippen molar-refractivity contribution in [2.45, 2.75) is 13.3 Å². The molecule has 0 aliphatic heterocycles. The minimum Gasteiger partial charge on any atom is -0.481 e. The summed E-state index contributed by atoms with van der Waals surface area (Å²) in [5.41, 5.74) is 3.78. The number of halogens is 1. The van der Waals surface area contributed by atoms with E-state index in [1.165, 1.54) is 0 Å². The van der Waals surface area contributed by atoms with Gasteiger partial charge < -0.3 is 5.11 Å². The summed E-state index contributed by atoms with van der Waals surface area (Å²) >= 11 is 6.17. The Kier molecular flexibility index (Phi) is 3.68. The Morgan fingerprint density at radius 2 is 2.00 bits per heavy atom. The Labute approximate surface area is 111 Å². The average molecular weight is 261 g/mol. The molecular weight excluding hydrogens is 248 g/mol. The second kappa shape index (κ2) is 5.23. The van der Waals surface area contributed by atoms with Gasteiger partial charge in [0, 0.05) is 10.6 Å². The molecule has 0 saturated heterocycles. The predicted octanol–water partition coefficient (Wildman–Crippen LogP) is 3.94. The first-order chi connectivity index (χ1) is 8.56. The van der Waals surface area contributed by atoms with Crippen LogP contribution < -0.4 is 0 Å². The van der Waals surface area contributed by atoms with Gasteiger partial charge in [0.2, 0.25) is 0 Å². The highest BCUT2D eigenvalue weighted by molar-refractivity contribution is 6.33. The second-order valence-corrected chi connectivity index (χ2v) is 4.66. The van der Waals surface area contributed by atoms with Gasteiger partial charge in [0.25, 0.3) is 0 Å². The van der Waals surface area contributed by atoms with E-state index in [-0.39, 0.29) is 6.42 Å². The second-order valence-electron chi connectivity index (χ2n) is 4.25. The number of aliphatic carboxylic acids is 1. The van der Waals surface area contributed by atoms with Crippen LogP contribution >= 0.6 is 11.6 Å². The molecule has 0 radical (unpaired) electrons. The summed E-state index contributed by atoms with van der Waals surface area (Å²) < 4.78 is 0. The number of aryl methyl sites for hydroxylation is 1. The summed E-state index contributed by atoms with van der Waals surface area (Å²) in [6.45, 7) is 2.01. The van der Waals surface area contributed by atoms with Crippen molar-refractivity contribution >= 4 is 17.6 Å². The normalized spacial score (nSPS) is 10.3. The van der Waals surface area contributed by atoms with Gasteiger partial charge in [0.05, 0.1) is 6.42 Å². The molecule has 92 valence electrons. The first-order valence-corrected chi connectivity index (χ1v) is 6.01. The molecule has 0 aromatic heterocycles. The lowest BCUT2D eigenvalue weighted by Gasteiger charge is -2.07. The highest BCUT2D eigenvalue weighted by atomic mass is 35.5. The van der Waals surface area contributed by atoms with E-state index in [0.717, 1.165) is 22.3 Å². The lowest BCUT2D eigenvalue weighted by atomic mass is 10.0. The molecule has 0 aliphatic rings. The molecule has 0 bridgehead atoms. The first kappa shape index (κ1) is 12.7. The zero-order chi connectivity index (χ0) is 13.1. The van der Waals surface area contributed by atoms with Crippen molar-refractivity contribution in [1.29, 1.82) is 0 Å². The van der Waals surface area contributed by atoms with Gasteiger partial charge >= 0.3 is 5.97 Å². The Hall–Kier alpha value is -1.80. The Bertz CT molecular complexity index is 591. The van der Waals surface area contributed by atoms with Crippen LogP contribution in [-0.2, 0) is 11.2 Å². The Balaban J connectivity index is 2.46. The van der Waals surface area contributed by atoms with Crippen LogP contribution in [0, 0.1) is 6.92 Å². The molecule has 0 saturated carbocycles. The molecule has 0 aliphatic carbocycles. The van der Waals surface area contributed by atoms with E-state index in [2.05, 4.69) is 0 Å². The van der Waals surface area contributed by atoms with Crippen LogP contribution in [0.1, 0.15) is 11.1 Å². The number of benzene rings is 2. The fourth-order valence-electron chi connectivity index (χ4n) is 1.89. The Morgan fingerprint density at radius 1 is 1.22 bits per heavy atom. The van der Waals surface area contributed by atoms with Gasteiger partial charge in [0.1, 0.15) is 0 Å². The van der Waals surface area contributed by atoms with Crippen LogP contribution in [0.5, 0.6) is 0 Å². The zero-order valence-corrected chi connectivity index (χ0v) is 10.7. The van der Waals surface area contributed by atoms with Crippen LogP contribution in [0.2, 0.25) is 5.02 Å². The predicted molar refractivity (Wildman–Crippen MR) is 73.0 cm³/mol. The molecule has 2 aromatic carbocycles. The Morgan fingerprint density at radius 3 is 2.67 bits per heavy atom. The molecular formula is C15H13ClO2. The van der Waals surface area contributed by atoms with Crippen molar-refractivity contribution in [2.75, 3.05) is 0 Å². The summed E-state index contributed by atoms with van der Waals surface area (Å²) in [4.78, 5) is 10.7. The van der Waals surface area contributed by atoms with Crippen molar-refractivity contribution in [3.05, 3.63) is 58.6 Å². The van der Waals surface area contributed by atoms with Crippen LogP contribution in [0.15, 0.2) is 42.5 Å². The summed E-state index contributed by atoms with van der Waals surface area (Å²) in [6.07, 6.45) is 0.00991. The van der Waals surface area contributed by atoms with Crippen LogP contribution in [0.25, 0.3) is 11.1 Å². The number of hydrogen-bond acceptors (Lipinski definition) is 1. The van der Waals surface area contributed by atoms with Crippen molar-refractivity contribution in [3.63, 3.8) is 0 Å². The van der Waals surface area contributed by atoms with Gasteiger partial charge in [-0.1, -0.05) is 47.5 Å². The standard InChI is InChI=1S/C15H13ClO2/c1-10-3-2-4-12(7-10)13-8-11(9-15(17)18)5-6-14(13)16/h2-8H,9H2,1H3,(H,17,18). The molecule has 1 N–H and O–H groups in total. The van der Waals surface area contributed by atoms with Gasteiger partial charge in [-0.25, -0.2) is 0 Å². The highest BCUT2D eigenvalue weighted by Gasteiger charge is 2.07. The third-order valence-electron chi connectivity index (χ3n) is 2.72. The van der Waals surface area contributed by atoms with Gasteiger partial charge in [-0.05, 0) is 30.2 Å². The minimum absolute atomic E-state index is 0.00991. The van der Waals surface area contributed by atoms with Crippen LogP contribution in [0.3, 0.4) is 0 Å². The van der Waals surface area contributed by atoms with Gasteiger partial charge in [-0.15, -0.1) is 0 Å². The lowest BCUT2D eigenvalue weighted by molar-refractivity contribution is -0.136. The summed E-state index contributed by atoms with van der Waals surface area (Å²) in [7, 11) is 0. The first-order valence-electron chi connectivity index (χ1n) is 5.63. The molecule has 18 heavy (non-hydrogen) atoms. The maximum absolute atomic E-state index is 10.7. The average Bonchev–Trinajstić information content (AvgIpc) is 2.31. The van der Waals surface area contributed by atoms with Crippen LogP contribution in [0.4, 0.5) is 0 Å². The molecule has 0 heterocycles. The van der Waals surface area contributed by atoms with Crippen LogP contribution in [-0.4, -0.2) is 11.1 Å². The third-order valence-corrected chi connectivity index (χ3v) is 3.04. The third kappa shape index (κ3) is 2.90. The maximum Gasteiger partial charge on any atom is 0.307 e. The molecule has 0 unspecified atom stereocenters. The summed E-state index contributed by atoms with van der Waals surface area (Å²) in [5.74, 6) is -0.840. The molecule has 0 amide bonds. The van der Waals surface area contributed by atoms with E-state index in [1.807, 2.05) is 37.3 Å². The van der Waals surface area contributed by atoms with Gasteiger partial charge in [0.15, 0.2) is 0 Å². The molecule has 0 fully saturated rings. The molecule has 2 aromatic rings. The fraction of sp³-hybridized carbons (Fsp3) is 0.133. The molecule has 0 atom stereocenters. The summed E-state index contributed by atoms with van der Waals surface area (Å²) in [6, 6.07) is 13.3. The van der Waals surface area contributed by atoms with E-state index >= 15 is 0 Å². The van der Waals surface area contributed by atoms with E-state index in [0.29, 0.717) is 5.02 Å². The van der Waals surface area contributed by atoms with Crippen molar-refractivity contribution in [2.24, 2.45) is 0 Å². The fourth-order valence-corrected chi connectivity index (χ4v) is 2.12. The number of rotatable bonds is 3. The maximum atomic E-state index is 10.7. The molecule has 0 spiro atoms. The number of hydrogen-bond donors (Lipinski definition) is 1. The van der Waals surface area contributed by atoms with Crippen molar-refractivity contribution in [3.8, 4) is 11.1 Å². The van der Waals surface area contributed by atoms with Gasteiger partial charge in [-0.3, -0.25) is 4.79 Å². The van der Waals surface area contributed by atoms with Crippen molar-refractivity contribution < 1.29 is 9.90 Å². The van der Waals surface area contributed by atoms with Gasteiger partial charge in [-0.2, -0.15) is 0 Å². The highest BCUT2D eigenvalue weighted by Crippen LogP contribution is 2.29. The monoisotopic (exact) mass is 260 g/mol. The lowest BCUT2D eigenvalue weighted by Crippen LogP contribution is -2.00. The molecule has 2 nitrogen and oxygen atoms in total. The topological polar surface area (TPSA) is 37.3 Å². The summed E-state index contributed by atoms with van der Waals surface area (Å²) in [5, 5.41) is 9.44. The number of carboxylic acid groups (broad SMARTS) is 1. The van der Waals surface area contributed by atoms with E-state index in [9.17, 15) is 4.79 Å². The molecule has 2 rings (SSSR count). The smallest absolute Gasteiger partial charge is 0.307 e. The number of carboxylic acids is 1. The molecule has 3 heteroatoms. The van der Waals surface area contributed by atoms with E-state index < -0.39 is 5.97 Å². The van der Waals surface area contributed by atoms with E-state index in [1.54, 1.807) is 12.1 Å². The zero-order valence-electron chi connectivity index (χ0n) is 9.98. The van der Waals surface area contributed by atoms with E-state index in [4.69, 9.17) is 16.7 Å². The SMILES string of the molecule is Cc1cccc(-c2cc(CC(=O)O)ccc2Cl)c1. The quantitative estimate of drug-likeness (QED) is 0.908. The number of carbonyl (C=O) groups is 1.